The van der Waals surface area contributed by atoms with Gasteiger partial charge in [-0.15, -0.1) is 11.8 Å². The molecule has 0 aromatic heterocycles. The molecule has 0 unspecified atom stereocenters. The molecule has 0 radical (unpaired) electrons. The topological polar surface area (TPSA) is 50.7 Å². The third kappa shape index (κ3) is 7.41. The van der Waals surface area contributed by atoms with E-state index in [2.05, 4.69) is 10.5 Å². The number of ether oxygens (including phenoxy) is 1. The smallest absolute Gasteiger partial charge is 0.250 e. The molecule has 0 aliphatic heterocycles. The number of halogens is 2. The van der Waals surface area contributed by atoms with Crippen molar-refractivity contribution in [3.8, 4) is 5.75 Å². The van der Waals surface area contributed by atoms with Crippen molar-refractivity contribution >= 4 is 47.1 Å². The zero-order valence-corrected chi connectivity index (χ0v) is 18.4. The summed E-state index contributed by atoms with van der Waals surface area (Å²) >= 11 is 13.5. The maximum Gasteiger partial charge on any atom is 0.250 e. The van der Waals surface area contributed by atoms with Gasteiger partial charge in [-0.05, 0) is 53.6 Å². The second-order valence-corrected chi connectivity index (χ2v) is 8.19. The monoisotopic (exact) mass is 458 g/mol. The van der Waals surface area contributed by atoms with E-state index < -0.39 is 0 Å². The summed E-state index contributed by atoms with van der Waals surface area (Å²) in [6.07, 6.45) is 1.60. The quantitative estimate of drug-likeness (QED) is 0.318. The first-order chi connectivity index (χ1) is 14.6. The highest BCUT2D eigenvalue weighted by atomic mass is 35.5. The van der Waals surface area contributed by atoms with Gasteiger partial charge in [0.15, 0.2) is 0 Å². The minimum absolute atomic E-state index is 0.148. The average Bonchev–Trinajstić information content (AvgIpc) is 2.75. The van der Waals surface area contributed by atoms with Gasteiger partial charge >= 0.3 is 0 Å². The summed E-state index contributed by atoms with van der Waals surface area (Å²) in [5, 5.41) is 5.39. The van der Waals surface area contributed by atoms with E-state index >= 15 is 0 Å². The predicted octanol–water partition coefficient (Wildman–Crippen LogP) is 5.96. The third-order valence-corrected chi connectivity index (χ3v) is 5.67. The number of nitrogens with one attached hydrogen (secondary N) is 1. The number of thioether (sulfide) groups is 1. The molecule has 7 heteroatoms. The summed E-state index contributed by atoms with van der Waals surface area (Å²) in [5.41, 5.74) is 5.45. The second kappa shape index (κ2) is 11.6. The summed E-state index contributed by atoms with van der Waals surface area (Å²) in [5.74, 6) is 1.65. The largest absolute Gasteiger partial charge is 0.489 e. The van der Waals surface area contributed by atoms with Gasteiger partial charge in [-0.1, -0.05) is 53.5 Å². The van der Waals surface area contributed by atoms with Crippen LogP contribution in [0.1, 0.15) is 16.7 Å². The zero-order valence-electron chi connectivity index (χ0n) is 16.1. The molecule has 1 amide bonds. The molecule has 0 atom stereocenters. The Labute approximate surface area is 190 Å². The molecule has 3 rings (SSSR count). The number of hydrazone groups is 1. The van der Waals surface area contributed by atoms with Crippen molar-refractivity contribution < 1.29 is 9.53 Å². The molecule has 1 N–H and O–H groups in total. The Bertz CT molecular complexity index is 993. The Morgan fingerprint density at radius 3 is 2.47 bits per heavy atom. The van der Waals surface area contributed by atoms with Crippen LogP contribution in [-0.2, 0) is 17.2 Å². The van der Waals surface area contributed by atoms with Crippen LogP contribution in [0.15, 0.2) is 77.9 Å². The fraction of sp³-hybridized carbons (Fsp3) is 0.130. The molecule has 0 bridgehead atoms. The lowest BCUT2D eigenvalue weighted by molar-refractivity contribution is -0.118. The van der Waals surface area contributed by atoms with E-state index in [0.717, 1.165) is 28.2 Å². The highest BCUT2D eigenvalue weighted by Gasteiger charge is 2.02. The lowest BCUT2D eigenvalue weighted by Crippen LogP contribution is -2.19. The molecule has 4 nitrogen and oxygen atoms in total. The predicted molar refractivity (Wildman–Crippen MR) is 126 cm³/mol. The fourth-order valence-corrected chi connectivity index (χ4v) is 3.58. The van der Waals surface area contributed by atoms with Gasteiger partial charge < -0.3 is 4.74 Å². The number of carbonyl (C=O) groups excluding carboxylic acids is 1. The Balaban J connectivity index is 1.38. The first-order valence-electron chi connectivity index (χ1n) is 9.20. The molecule has 0 spiro atoms. The van der Waals surface area contributed by atoms with Gasteiger partial charge in [-0.3, -0.25) is 4.79 Å². The number of benzene rings is 3. The summed E-state index contributed by atoms with van der Waals surface area (Å²) < 4.78 is 5.75. The van der Waals surface area contributed by atoms with Crippen molar-refractivity contribution in [2.75, 3.05) is 5.75 Å². The number of nitrogens with zero attached hydrogens (tertiary/aromatic N) is 1. The molecule has 30 heavy (non-hydrogen) atoms. The Kier molecular flexibility index (Phi) is 8.63. The Morgan fingerprint density at radius 2 is 1.73 bits per heavy atom. The second-order valence-electron chi connectivity index (χ2n) is 6.36. The van der Waals surface area contributed by atoms with E-state index in [1.807, 2.05) is 72.8 Å². The summed E-state index contributed by atoms with van der Waals surface area (Å²) in [4.78, 5) is 11.9. The van der Waals surface area contributed by atoms with E-state index in [1.54, 1.807) is 6.21 Å². The number of rotatable bonds is 9. The summed E-state index contributed by atoms with van der Waals surface area (Å²) in [6.45, 7) is 0.400. The van der Waals surface area contributed by atoms with Crippen LogP contribution in [-0.4, -0.2) is 17.9 Å². The molecular weight excluding hydrogens is 439 g/mol. The number of carbonyl (C=O) groups is 1. The maximum absolute atomic E-state index is 11.9. The molecule has 154 valence electrons. The van der Waals surface area contributed by atoms with E-state index in [-0.39, 0.29) is 5.91 Å². The number of amides is 1. The lowest BCUT2D eigenvalue weighted by atomic mass is 10.2. The highest BCUT2D eigenvalue weighted by molar-refractivity contribution is 7.99. The molecule has 0 fully saturated rings. The van der Waals surface area contributed by atoms with Crippen molar-refractivity contribution in [3.05, 3.63) is 99.5 Å². The minimum atomic E-state index is -0.148. The van der Waals surface area contributed by atoms with Crippen molar-refractivity contribution in [2.24, 2.45) is 5.10 Å². The summed E-state index contributed by atoms with van der Waals surface area (Å²) in [6, 6.07) is 22.6. The van der Waals surface area contributed by atoms with Crippen LogP contribution < -0.4 is 10.2 Å². The van der Waals surface area contributed by atoms with Crippen LogP contribution in [0, 0.1) is 0 Å². The molecule has 0 heterocycles. The number of hydrogen-bond acceptors (Lipinski definition) is 4. The van der Waals surface area contributed by atoms with Gasteiger partial charge in [-0.25, -0.2) is 5.43 Å². The Morgan fingerprint density at radius 1 is 1.00 bits per heavy atom. The van der Waals surface area contributed by atoms with Crippen molar-refractivity contribution in [1.29, 1.82) is 0 Å². The van der Waals surface area contributed by atoms with Gasteiger partial charge in [0, 0.05) is 21.4 Å². The third-order valence-electron chi connectivity index (χ3n) is 4.05. The fourth-order valence-electron chi connectivity index (χ4n) is 2.48. The standard InChI is InChI=1S/C23H20Cl2N2O2S/c24-20-9-5-18(6-10-20)15-30-16-23(28)27-26-13-17-7-11-21(12-8-17)29-14-19-3-1-2-4-22(19)25/h1-13H,14-16H2,(H,27,28)/b26-13-. The highest BCUT2D eigenvalue weighted by Crippen LogP contribution is 2.19. The van der Waals surface area contributed by atoms with Crippen LogP contribution >= 0.6 is 35.0 Å². The van der Waals surface area contributed by atoms with Gasteiger partial charge in [0.25, 0.3) is 0 Å². The normalized spacial score (nSPS) is 10.9. The van der Waals surface area contributed by atoms with Crippen LogP contribution in [0.2, 0.25) is 10.0 Å². The minimum Gasteiger partial charge on any atom is -0.489 e. The molecule has 0 aliphatic carbocycles. The first-order valence-corrected chi connectivity index (χ1v) is 11.1. The van der Waals surface area contributed by atoms with E-state index in [0.29, 0.717) is 22.4 Å². The van der Waals surface area contributed by atoms with E-state index in [4.69, 9.17) is 27.9 Å². The van der Waals surface area contributed by atoms with Crippen LogP contribution in [0.3, 0.4) is 0 Å². The molecule has 3 aromatic rings. The van der Waals surface area contributed by atoms with Crippen molar-refractivity contribution in [1.82, 2.24) is 5.43 Å². The van der Waals surface area contributed by atoms with Crippen LogP contribution in [0.4, 0.5) is 0 Å². The number of hydrogen-bond donors (Lipinski definition) is 1. The van der Waals surface area contributed by atoms with Gasteiger partial charge in [0.05, 0.1) is 12.0 Å². The van der Waals surface area contributed by atoms with Crippen LogP contribution in [0.25, 0.3) is 0 Å². The Hall–Kier alpha value is -2.47. The summed E-state index contributed by atoms with van der Waals surface area (Å²) in [7, 11) is 0. The van der Waals surface area contributed by atoms with Gasteiger partial charge in [0.1, 0.15) is 12.4 Å². The zero-order chi connectivity index (χ0) is 21.2. The van der Waals surface area contributed by atoms with Crippen molar-refractivity contribution in [3.63, 3.8) is 0 Å². The average molecular weight is 459 g/mol. The maximum atomic E-state index is 11.9. The molecule has 3 aromatic carbocycles. The lowest BCUT2D eigenvalue weighted by Gasteiger charge is -2.07. The van der Waals surface area contributed by atoms with E-state index in [9.17, 15) is 4.79 Å². The van der Waals surface area contributed by atoms with Gasteiger partial charge in [0.2, 0.25) is 5.91 Å². The molecule has 0 aliphatic rings. The molecule has 0 saturated heterocycles. The van der Waals surface area contributed by atoms with Crippen molar-refractivity contribution in [2.45, 2.75) is 12.4 Å². The molecule has 0 saturated carbocycles. The SMILES string of the molecule is O=C(CSCc1ccc(Cl)cc1)N/N=C\c1ccc(OCc2ccccc2Cl)cc1. The molecular formula is C23H20Cl2N2O2S. The first kappa shape index (κ1) is 22.2. The van der Waals surface area contributed by atoms with Gasteiger partial charge in [-0.2, -0.15) is 5.10 Å². The van der Waals surface area contributed by atoms with Crippen LogP contribution in [0.5, 0.6) is 5.75 Å². The van der Waals surface area contributed by atoms with E-state index in [1.165, 1.54) is 11.8 Å².